The van der Waals surface area contributed by atoms with Gasteiger partial charge in [-0.3, -0.25) is 4.79 Å². The summed E-state index contributed by atoms with van der Waals surface area (Å²) < 4.78 is 66.8. The fourth-order valence-corrected chi connectivity index (χ4v) is 2.93. The van der Waals surface area contributed by atoms with Gasteiger partial charge < -0.3 is 5.11 Å². The van der Waals surface area contributed by atoms with Crippen LogP contribution in [0.1, 0.15) is 23.2 Å². The molecular weight excluding hydrogens is 371 g/mol. The molecule has 27 heavy (non-hydrogen) atoms. The van der Waals surface area contributed by atoms with Crippen LogP contribution in [0, 0.1) is 11.6 Å². The van der Waals surface area contributed by atoms with Gasteiger partial charge in [-0.05, 0) is 23.3 Å². The van der Waals surface area contributed by atoms with E-state index < -0.39 is 30.3 Å². The van der Waals surface area contributed by atoms with Crippen LogP contribution in [0.3, 0.4) is 0 Å². The van der Waals surface area contributed by atoms with Gasteiger partial charge in [-0.2, -0.15) is 9.78 Å². The monoisotopic (exact) mass is 384 g/mol. The first-order valence-corrected chi connectivity index (χ1v) is 7.89. The Morgan fingerprint density at radius 1 is 1.11 bits per heavy atom. The molecule has 0 fully saturated rings. The predicted octanol–water partition coefficient (Wildman–Crippen LogP) is 4.40. The summed E-state index contributed by atoms with van der Waals surface area (Å²) in [5.41, 5.74) is 0.160. The van der Waals surface area contributed by atoms with Gasteiger partial charge in [0.15, 0.2) is 0 Å². The van der Waals surface area contributed by atoms with Gasteiger partial charge in [-0.15, -0.1) is 13.2 Å². The molecular formula is C18H13F5N2O2. The normalized spacial score (nSPS) is 11.9. The lowest BCUT2D eigenvalue weighted by molar-refractivity contribution is -0.209. The summed E-state index contributed by atoms with van der Waals surface area (Å²) in [4.78, 5) is 10.8. The van der Waals surface area contributed by atoms with Crippen LogP contribution >= 0.6 is 0 Å². The first kappa shape index (κ1) is 18.8. The zero-order chi connectivity index (χ0) is 19.8. The summed E-state index contributed by atoms with van der Waals surface area (Å²) in [7, 11) is 0. The summed E-state index contributed by atoms with van der Waals surface area (Å²) in [5.74, 6) is -2.75. The Hall–Kier alpha value is -2.97. The number of aromatic nitrogens is 2. The lowest BCUT2D eigenvalue weighted by Crippen LogP contribution is -2.18. The summed E-state index contributed by atoms with van der Waals surface area (Å²) in [6.07, 6.45) is -5.49. The molecule has 1 aromatic heterocycles. The number of hydrogen-bond donors (Lipinski definition) is 1. The molecule has 0 radical (unpaired) electrons. The molecule has 0 bridgehead atoms. The highest BCUT2D eigenvalue weighted by atomic mass is 19.4. The minimum atomic E-state index is -4.79. The maximum Gasteiger partial charge on any atom is 0.505 e. The molecule has 0 aliphatic rings. The van der Waals surface area contributed by atoms with Crippen LogP contribution in [-0.4, -0.2) is 20.9 Å². The van der Waals surface area contributed by atoms with Crippen molar-refractivity contribution in [1.29, 1.82) is 0 Å². The lowest BCUT2D eigenvalue weighted by atomic mass is 9.98. The fraction of sp³-hybridized carbons (Fsp3) is 0.222. The van der Waals surface area contributed by atoms with Gasteiger partial charge in [0.1, 0.15) is 11.6 Å². The number of aliphatic carboxylic acids is 1. The number of hydrogen-bond acceptors (Lipinski definition) is 2. The zero-order valence-electron chi connectivity index (χ0n) is 13.7. The van der Waals surface area contributed by atoms with Crippen LogP contribution < -0.4 is 0 Å². The van der Waals surface area contributed by atoms with Crippen molar-refractivity contribution < 1.29 is 31.9 Å². The average Bonchev–Trinajstić information content (AvgIpc) is 2.95. The maximum atomic E-state index is 14.0. The summed E-state index contributed by atoms with van der Waals surface area (Å²) in [5, 5.41) is 12.5. The first-order chi connectivity index (χ1) is 12.7. The lowest BCUT2D eigenvalue weighted by Gasteiger charge is -2.09. The Bertz CT molecular complexity index is 1010. The van der Waals surface area contributed by atoms with Crippen molar-refractivity contribution in [3.63, 3.8) is 0 Å². The Balaban J connectivity index is 2.14. The molecule has 0 saturated heterocycles. The minimum absolute atomic E-state index is 0.0390. The van der Waals surface area contributed by atoms with Gasteiger partial charge in [0, 0.05) is 24.3 Å². The molecule has 9 heteroatoms. The van der Waals surface area contributed by atoms with Crippen molar-refractivity contribution in [3.8, 4) is 0 Å². The molecule has 0 aliphatic heterocycles. The van der Waals surface area contributed by atoms with E-state index in [1.807, 2.05) is 0 Å². The van der Waals surface area contributed by atoms with Crippen LogP contribution in [0.2, 0.25) is 0 Å². The van der Waals surface area contributed by atoms with E-state index in [0.29, 0.717) is 11.6 Å². The highest BCUT2D eigenvalue weighted by molar-refractivity contribution is 5.86. The van der Waals surface area contributed by atoms with Gasteiger partial charge in [0.25, 0.3) is 0 Å². The van der Waals surface area contributed by atoms with Crippen LogP contribution in [0.25, 0.3) is 10.9 Å². The van der Waals surface area contributed by atoms with Crippen molar-refractivity contribution in [2.75, 3.05) is 0 Å². The molecule has 4 nitrogen and oxygen atoms in total. The Morgan fingerprint density at radius 2 is 1.85 bits per heavy atom. The quantitative estimate of drug-likeness (QED) is 0.664. The summed E-state index contributed by atoms with van der Waals surface area (Å²) in [6.45, 7) is 0. The molecule has 0 saturated carbocycles. The number of aryl methyl sites for hydroxylation is 1. The van der Waals surface area contributed by atoms with Crippen LogP contribution in [-0.2, 0) is 23.9 Å². The number of benzene rings is 2. The van der Waals surface area contributed by atoms with E-state index in [-0.39, 0.29) is 39.7 Å². The third-order valence-corrected chi connectivity index (χ3v) is 4.08. The number of fused-ring (bicyclic) bond motifs is 1. The number of halogens is 5. The molecule has 1 heterocycles. The molecule has 3 rings (SSSR count). The predicted molar refractivity (Wildman–Crippen MR) is 86.2 cm³/mol. The van der Waals surface area contributed by atoms with Crippen molar-refractivity contribution in [2.24, 2.45) is 0 Å². The molecule has 2 aromatic carbocycles. The number of carboxylic acid groups (broad SMARTS) is 1. The van der Waals surface area contributed by atoms with Crippen LogP contribution in [0.5, 0.6) is 0 Å². The Morgan fingerprint density at radius 3 is 2.48 bits per heavy atom. The van der Waals surface area contributed by atoms with Crippen LogP contribution in [0.4, 0.5) is 22.0 Å². The van der Waals surface area contributed by atoms with Crippen molar-refractivity contribution >= 4 is 16.9 Å². The number of rotatable bonds is 5. The molecule has 0 atom stereocenters. The van der Waals surface area contributed by atoms with E-state index in [1.165, 1.54) is 24.3 Å². The molecule has 0 amide bonds. The van der Waals surface area contributed by atoms with E-state index in [4.69, 9.17) is 5.11 Å². The third kappa shape index (κ3) is 3.91. The molecule has 142 valence electrons. The standard InChI is InChI=1S/C18H13F5N2O2/c19-12-5-4-10(13(20)9-12)8-11-2-1-3-15-17(11)14(6-7-16(26)27)24-25(15)18(21,22)23/h1-5,9H,6-8H2,(H,26,27). The van der Waals surface area contributed by atoms with Gasteiger partial charge in [-0.25, -0.2) is 8.78 Å². The number of carboxylic acids is 1. The smallest absolute Gasteiger partial charge is 0.481 e. The number of nitrogens with zero attached hydrogens (tertiary/aromatic N) is 2. The van der Waals surface area contributed by atoms with Crippen LogP contribution in [0.15, 0.2) is 36.4 Å². The Kier molecular flexibility index (Phi) is 4.86. The molecule has 3 aromatic rings. The second-order valence-corrected chi connectivity index (χ2v) is 5.94. The van der Waals surface area contributed by atoms with Crippen molar-refractivity contribution in [1.82, 2.24) is 9.78 Å². The highest BCUT2D eigenvalue weighted by Crippen LogP contribution is 2.32. The van der Waals surface area contributed by atoms with Crippen molar-refractivity contribution in [3.05, 3.63) is 64.9 Å². The Labute approximate surface area is 149 Å². The second kappa shape index (κ2) is 6.98. The number of carbonyl (C=O) groups is 1. The zero-order valence-corrected chi connectivity index (χ0v) is 13.7. The number of alkyl halides is 3. The van der Waals surface area contributed by atoms with E-state index >= 15 is 0 Å². The van der Waals surface area contributed by atoms with Gasteiger partial charge >= 0.3 is 12.3 Å². The van der Waals surface area contributed by atoms with Gasteiger partial charge in [0.05, 0.1) is 17.6 Å². The molecule has 0 aliphatic carbocycles. The topological polar surface area (TPSA) is 55.1 Å². The van der Waals surface area contributed by atoms with E-state index in [0.717, 1.165) is 6.07 Å². The minimum Gasteiger partial charge on any atom is -0.481 e. The summed E-state index contributed by atoms with van der Waals surface area (Å²) in [6, 6.07) is 7.07. The maximum absolute atomic E-state index is 14.0. The first-order valence-electron chi connectivity index (χ1n) is 7.89. The third-order valence-electron chi connectivity index (χ3n) is 4.08. The van der Waals surface area contributed by atoms with Crippen molar-refractivity contribution in [2.45, 2.75) is 25.6 Å². The highest BCUT2D eigenvalue weighted by Gasteiger charge is 2.35. The molecule has 1 N–H and O–H groups in total. The van der Waals surface area contributed by atoms with Gasteiger partial charge in [-0.1, -0.05) is 18.2 Å². The second-order valence-electron chi connectivity index (χ2n) is 5.94. The average molecular weight is 384 g/mol. The van der Waals surface area contributed by atoms with E-state index in [2.05, 4.69) is 5.10 Å². The van der Waals surface area contributed by atoms with Gasteiger partial charge in [0.2, 0.25) is 0 Å². The SMILES string of the molecule is O=C(O)CCc1nn(C(F)(F)F)c2cccc(Cc3ccc(F)cc3F)c12. The molecule has 0 spiro atoms. The van der Waals surface area contributed by atoms with E-state index in [9.17, 15) is 26.7 Å². The summed E-state index contributed by atoms with van der Waals surface area (Å²) >= 11 is 0. The fourth-order valence-electron chi connectivity index (χ4n) is 2.93. The largest absolute Gasteiger partial charge is 0.505 e. The molecule has 0 unspecified atom stereocenters. The van der Waals surface area contributed by atoms with E-state index in [1.54, 1.807) is 0 Å².